The Morgan fingerprint density at radius 3 is 2.80 bits per heavy atom. The van der Waals surface area contributed by atoms with Gasteiger partial charge in [-0.1, -0.05) is 19.4 Å². The molecular weight excluding hydrogens is 404 g/mol. The van der Waals surface area contributed by atoms with Crippen molar-refractivity contribution in [3.05, 3.63) is 12.7 Å². The van der Waals surface area contributed by atoms with Gasteiger partial charge in [0.25, 0.3) is 0 Å². The Morgan fingerprint density at radius 1 is 1.47 bits per heavy atom. The van der Waals surface area contributed by atoms with Gasteiger partial charge in [0.05, 0.1) is 35.8 Å². The highest BCUT2D eigenvalue weighted by atomic mass is 32.2. The number of hydrogen-bond acceptors (Lipinski definition) is 6. The van der Waals surface area contributed by atoms with Crippen molar-refractivity contribution in [1.82, 2.24) is 9.80 Å². The molecule has 0 radical (unpaired) electrons. The molecule has 3 aliphatic heterocycles. The zero-order valence-electron chi connectivity index (χ0n) is 18.2. The normalized spacial score (nSPS) is 32.8. The largest absolute Gasteiger partial charge is 0.466 e. The summed E-state index contributed by atoms with van der Waals surface area (Å²) in [6, 6.07) is -1.17. The molecule has 3 fully saturated rings. The van der Waals surface area contributed by atoms with Gasteiger partial charge in [0, 0.05) is 18.3 Å². The van der Waals surface area contributed by atoms with E-state index in [2.05, 4.69) is 13.5 Å². The molecular formula is C22H34N2O5S. The summed E-state index contributed by atoms with van der Waals surface area (Å²) in [5.74, 6) is -1.73. The van der Waals surface area contributed by atoms with E-state index in [1.807, 2.05) is 0 Å². The number of hydrogen-bond donors (Lipinski definition) is 1. The number of fused-ring (bicyclic) bond motifs is 1. The standard InChI is InChI=1S/C22H34N2O5S/c1-5-8-12-23(11-6-2)20(27)18-22-10-9-15(30-22)16(21(28)29-7-3)17(22)19(26)24(18)14(4)13-25/h6,14-18,25H,2,5,7-13H2,1,3-4H3/t14-,15+,16-,17+,18?,22?/m1/s1. The maximum Gasteiger partial charge on any atom is 0.310 e. The summed E-state index contributed by atoms with van der Waals surface area (Å²) < 4.78 is 4.67. The molecule has 2 amide bonds. The smallest absolute Gasteiger partial charge is 0.310 e. The third kappa shape index (κ3) is 3.55. The molecule has 0 saturated carbocycles. The monoisotopic (exact) mass is 438 g/mol. The number of esters is 1. The van der Waals surface area contributed by atoms with Crippen LogP contribution in [-0.2, 0) is 19.1 Å². The molecule has 1 N–H and O–H groups in total. The van der Waals surface area contributed by atoms with Crippen molar-refractivity contribution in [2.45, 2.75) is 68.5 Å². The van der Waals surface area contributed by atoms with E-state index in [4.69, 9.17) is 4.74 Å². The van der Waals surface area contributed by atoms with Crippen LogP contribution in [0.25, 0.3) is 0 Å². The van der Waals surface area contributed by atoms with Gasteiger partial charge in [0.2, 0.25) is 11.8 Å². The summed E-state index contributed by atoms with van der Waals surface area (Å²) in [6.07, 6.45) is 5.04. The Labute approximate surface area is 183 Å². The van der Waals surface area contributed by atoms with Crippen molar-refractivity contribution in [3.63, 3.8) is 0 Å². The van der Waals surface area contributed by atoms with Gasteiger partial charge in [-0.25, -0.2) is 0 Å². The summed E-state index contributed by atoms with van der Waals surface area (Å²) in [6.45, 7) is 10.4. The van der Waals surface area contributed by atoms with Gasteiger partial charge < -0.3 is 19.6 Å². The first kappa shape index (κ1) is 23.1. The molecule has 2 unspecified atom stereocenters. The highest BCUT2D eigenvalue weighted by molar-refractivity contribution is 8.02. The molecule has 3 aliphatic rings. The first-order chi connectivity index (χ1) is 14.4. The lowest BCUT2D eigenvalue weighted by Gasteiger charge is -2.38. The van der Waals surface area contributed by atoms with E-state index in [0.717, 1.165) is 25.7 Å². The molecule has 0 aromatic heterocycles. The van der Waals surface area contributed by atoms with Gasteiger partial charge in [-0.2, -0.15) is 0 Å². The zero-order valence-corrected chi connectivity index (χ0v) is 19.0. The summed E-state index contributed by atoms with van der Waals surface area (Å²) >= 11 is 1.62. The van der Waals surface area contributed by atoms with Crippen molar-refractivity contribution >= 4 is 29.5 Å². The lowest BCUT2D eigenvalue weighted by atomic mass is 9.71. The van der Waals surface area contributed by atoms with E-state index in [9.17, 15) is 19.5 Å². The Bertz CT molecular complexity index is 701. The highest BCUT2D eigenvalue weighted by Gasteiger charge is 2.74. The number of carbonyl (C=O) groups excluding carboxylic acids is 3. The Balaban J connectivity index is 2.02. The lowest BCUT2D eigenvalue weighted by molar-refractivity contribution is -0.154. The molecule has 3 heterocycles. The van der Waals surface area contributed by atoms with Gasteiger partial charge in [-0.3, -0.25) is 14.4 Å². The van der Waals surface area contributed by atoms with Gasteiger partial charge in [-0.15, -0.1) is 18.3 Å². The van der Waals surface area contributed by atoms with Crippen molar-refractivity contribution in [1.29, 1.82) is 0 Å². The molecule has 1 spiro atoms. The number of unbranched alkanes of at least 4 members (excludes halogenated alkanes) is 1. The van der Waals surface area contributed by atoms with Crippen LogP contribution in [0.1, 0.15) is 46.5 Å². The van der Waals surface area contributed by atoms with E-state index >= 15 is 0 Å². The molecule has 168 valence electrons. The summed E-state index contributed by atoms with van der Waals surface area (Å²) in [5, 5.41) is 9.86. The van der Waals surface area contributed by atoms with Crippen LogP contribution >= 0.6 is 11.8 Å². The molecule has 30 heavy (non-hydrogen) atoms. The lowest BCUT2D eigenvalue weighted by Crippen LogP contribution is -2.57. The number of carbonyl (C=O) groups is 3. The number of ether oxygens (including phenoxy) is 1. The molecule has 3 saturated heterocycles. The fraction of sp³-hybridized carbons (Fsp3) is 0.773. The molecule has 7 nitrogen and oxygen atoms in total. The second-order valence-electron chi connectivity index (χ2n) is 8.51. The van der Waals surface area contributed by atoms with Crippen LogP contribution in [0, 0.1) is 11.8 Å². The maximum absolute atomic E-state index is 13.8. The minimum Gasteiger partial charge on any atom is -0.466 e. The summed E-state index contributed by atoms with van der Waals surface area (Å²) in [4.78, 5) is 43.5. The Hall–Kier alpha value is -1.54. The van der Waals surface area contributed by atoms with Crippen LogP contribution < -0.4 is 0 Å². The van der Waals surface area contributed by atoms with Crippen molar-refractivity contribution < 1.29 is 24.2 Å². The zero-order chi connectivity index (χ0) is 22.1. The number of aliphatic hydroxyl groups is 1. The molecule has 8 heteroatoms. The SMILES string of the molecule is C=CCN(CCCC)C(=O)C1N([C@H](C)CO)C(=O)[C@@H]2[C@H](C(=O)OCC)[C@@H]3CCC12S3. The number of rotatable bonds is 10. The second kappa shape index (κ2) is 9.30. The summed E-state index contributed by atoms with van der Waals surface area (Å²) in [7, 11) is 0. The molecule has 3 rings (SSSR count). The predicted octanol–water partition coefficient (Wildman–Crippen LogP) is 1.84. The quantitative estimate of drug-likeness (QED) is 0.414. The van der Waals surface area contributed by atoms with Crippen LogP contribution in [-0.4, -0.2) is 81.1 Å². The Morgan fingerprint density at radius 2 is 2.20 bits per heavy atom. The number of aliphatic hydroxyl groups excluding tert-OH is 1. The molecule has 2 bridgehead atoms. The third-order valence-electron chi connectivity index (χ3n) is 6.71. The second-order valence-corrected chi connectivity index (χ2v) is 10.1. The number of nitrogens with zero attached hydrogens (tertiary/aromatic N) is 2. The average Bonchev–Trinajstić information content (AvgIpc) is 3.37. The van der Waals surface area contributed by atoms with Gasteiger partial charge in [0.15, 0.2) is 0 Å². The van der Waals surface area contributed by atoms with Crippen molar-refractivity contribution in [2.75, 3.05) is 26.3 Å². The molecule has 0 aromatic carbocycles. The van der Waals surface area contributed by atoms with Crippen molar-refractivity contribution in [3.8, 4) is 0 Å². The average molecular weight is 439 g/mol. The van der Waals surface area contributed by atoms with Crippen LogP contribution in [0.3, 0.4) is 0 Å². The topological polar surface area (TPSA) is 87.2 Å². The first-order valence-corrected chi connectivity index (χ1v) is 11.9. The fourth-order valence-electron chi connectivity index (χ4n) is 5.41. The van der Waals surface area contributed by atoms with E-state index in [1.54, 1.807) is 41.5 Å². The summed E-state index contributed by atoms with van der Waals surface area (Å²) in [5.41, 5.74) is 0. The van der Waals surface area contributed by atoms with Gasteiger partial charge >= 0.3 is 5.97 Å². The fourth-order valence-corrected chi connectivity index (χ4v) is 7.60. The van der Waals surface area contributed by atoms with Gasteiger partial charge in [0.1, 0.15) is 6.04 Å². The van der Waals surface area contributed by atoms with Crippen LogP contribution in [0.15, 0.2) is 12.7 Å². The van der Waals surface area contributed by atoms with E-state index < -0.39 is 28.7 Å². The van der Waals surface area contributed by atoms with E-state index in [-0.39, 0.29) is 36.2 Å². The van der Waals surface area contributed by atoms with Crippen LogP contribution in [0.5, 0.6) is 0 Å². The minimum atomic E-state index is -0.677. The van der Waals surface area contributed by atoms with E-state index in [1.165, 1.54) is 0 Å². The Kier molecular flexibility index (Phi) is 7.17. The highest BCUT2D eigenvalue weighted by Crippen LogP contribution is 2.66. The first-order valence-electron chi connectivity index (χ1n) is 11.0. The molecule has 0 aromatic rings. The maximum atomic E-state index is 13.8. The van der Waals surface area contributed by atoms with Gasteiger partial charge in [-0.05, 0) is 33.1 Å². The number of likely N-dealkylation sites (tertiary alicyclic amines) is 1. The predicted molar refractivity (Wildman–Crippen MR) is 116 cm³/mol. The number of thioether (sulfide) groups is 1. The minimum absolute atomic E-state index is 0.00313. The number of amides is 2. The van der Waals surface area contributed by atoms with Crippen molar-refractivity contribution in [2.24, 2.45) is 11.8 Å². The van der Waals surface area contributed by atoms with Crippen LogP contribution in [0.4, 0.5) is 0 Å². The van der Waals surface area contributed by atoms with Crippen LogP contribution in [0.2, 0.25) is 0 Å². The third-order valence-corrected chi connectivity index (χ3v) is 8.66. The van der Waals surface area contributed by atoms with E-state index in [0.29, 0.717) is 13.1 Å². The molecule has 6 atom stereocenters. The molecule has 0 aliphatic carbocycles.